The average Bonchev–Trinajstić information content (AvgIpc) is 2.93. The monoisotopic (exact) mass is 495 g/mol. The number of ether oxygens (including phenoxy) is 1. The van der Waals surface area contributed by atoms with Gasteiger partial charge in [0.05, 0.1) is 7.11 Å². The van der Waals surface area contributed by atoms with Crippen molar-refractivity contribution in [2.24, 2.45) is 5.92 Å². The molecule has 4 rings (SSSR count). The molecule has 0 aromatic heterocycles. The van der Waals surface area contributed by atoms with Crippen LogP contribution in [-0.2, 0) is 6.42 Å². The van der Waals surface area contributed by atoms with Gasteiger partial charge in [-0.3, -0.25) is 9.59 Å². The third-order valence-electron chi connectivity index (χ3n) is 6.25. The minimum atomic E-state index is -1.58. The summed E-state index contributed by atoms with van der Waals surface area (Å²) in [5.41, 5.74) is 4.54. The number of amides is 1. The van der Waals surface area contributed by atoms with Crippen molar-refractivity contribution in [1.82, 2.24) is 0 Å². The Kier molecular flexibility index (Phi) is 8.46. The van der Waals surface area contributed by atoms with Crippen LogP contribution in [0.3, 0.4) is 0 Å². The predicted octanol–water partition coefficient (Wildman–Crippen LogP) is 5.36. The van der Waals surface area contributed by atoms with E-state index in [0.717, 1.165) is 16.7 Å². The number of hydrogen-bond donors (Lipinski definition) is 3. The number of methoxy groups -OCH3 is 1. The molecule has 0 spiro atoms. The highest BCUT2D eigenvalue weighted by atomic mass is 16.5. The predicted molar refractivity (Wildman–Crippen MR) is 144 cm³/mol. The van der Waals surface area contributed by atoms with Gasteiger partial charge in [-0.1, -0.05) is 66.7 Å². The van der Waals surface area contributed by atoms with Crippen LogP contribution in [0.1, 0.15) is 32.7 Å². The fraction of sp³-hybridized carbons (Fsp3) is 0.161. The van der Waals surface area contributed by atoms with Crippen molar-refractivity contribution in [1.29, 1.82) is 0 Å². The zero-order chi connectivity index (χ0) is 26.2. The molecule has 4 aromatic rings. The fourth-order valence-corrected chi connectivity index (χ4v) is 4.10. The molecular formula is C31H29NO5. The van der Waals surface area contributed by atoms with Crippen molar-refractivity contribution >= 4 is 17.4 Å². The topological polar surface area (TPSA) is 95.9 Å². The molecule has 3 N–H and O–H groups in total. The first-order valence-corrected chi connectivity index (χ1v) is 12.0. The van der Waals surface area contributed by atoms with Gasteiger partial charge in [-0.2, -0.15) is 0 Å². The van der Waals surface area contributed by atoms with Gasteiger partial charge in [-0.25, -0.2) is 0 Å². The minimum absolute atomic E-state index is 0.0362. The first-order chi connectivity index (χ1) is 17.9. The number of carbonyl (C=O) groups is 2. The van der Waals surface area contributed by atoms with Crippen LogP contribution in [0.25, 0.3) is 11.1 Å². The summed E-state index contributed by atoms with van der Waals surface area (Å²) in [6.07, 6.45) is -1.13. The molecule has 0 aliphatic carbocycles. The molecule has 0 bridgehead atoms. The number of Topliss-reactive ketones (excluding diaryl/α,β-unsaturated/α-hetero) is 1. The van der Waals surface area contributed by atoms with Gasteiger partial charge in [0, 0.05) is 29.2 Å². The molecule has 1 amide bonds. The van der Waals surface area contributed by atoms with Crippen molar-refractivity contribution in [3.63, 3.8) is 0 Å². The lowest BCUT2D eigenvalue weighted by atomic mass is 9.91. The summed E-state index contributed by atoms with van der Waals surface area (Å²) < 4.78 is 5.12. The van der Waals surface area contributed by atoms with Gasteiger partial charge < -0.3 is 20.3 Å². The number of rotatable bonds is 10. The van der Waals surface area contributed by atoms with Crippen molar-refractivity contribution in [2.45, 2.75) is 19.1 Å². The zero-order valence-corrected chi connectivity index (χ0v) is 20.5. The maximum atomic E-state index is 12.8. The Hall–Kier alpha value is -4.26. The smallest absolute Gasteiger partial charge is 0.255 e. The molecule has 6 nitrogen and oxygen atoms in total. The highest BCUT2D eigenvalue weighted by molar-refractivity contribution is 6.04. The van der Waals surface area contributed by atoms with E-state index in [1.807, 2.05) is 66.7 Å². The second-order valence-corrected chi connectivity index (χ2v) is 8.83. The molecule has 0 saturated heterocycles. The van der Waals surface area contributed by atoms with E-state index >= 15 is 0 Å². The number of aliphatic hydroxyl groups is 2. The minimum Gasteiger partial charge on any atom is -0.497 e. The molecule has 0 heterocycles. The normalized spacial score (nSPS) is 11.7. The van der Waals surface area contributed by atoms with E-state index in [2.05, 4.69) is 5.32 Å². The number of carbonyl (C=O) groups excluding carboxylic acids is 2. The Balaban J connectivity index is 1.37. The number of ketones is 1. The summed E-state index contributed by atoms with van der Waals surface area (Å²) in [6.45, 7) is 0. The standard InChI is InChI=1S/C31H29NO5/c1-37-28-17-13-25(14-18-28)30(34)32-27-15-11-23(12-16-27)22-7-9-24(10-8-22)29(33)20-26(31(35)36)19-21-5-3-2-4-6-21/h2-18,26,31,35-36H,19-20H2,1H3,(H,32,34). The van der Waals surface area contributed by atoms with Crippen molar-refractivity contribution in [2.75, 3.05) is 12.4 Å². The number of nitrogens with one attached hydrogen (secondary N) is 1. The number of hydrogen-bond acceptors (Lipinski definition) is 5. The Labute approximate surface area is 216 Å². The number of benzene rings is 4. The van der Waals surface area contributed by atoms with E-state index in [1.165, 1.54) is 0 Å². The van der Waals surface area contributed by atoms with Crippen LogP contribution in [0, 0.1) is 5.92 Å². The van der Waals surface area contributed by atoms with Crippen LogP contribution in [0.4, 0.5) is 5.69 Å². The number of aliphatic hydroxyl groups excluding tert-OH is 1. The number of anilines is 1. The Morgan fingerprint density at radius 3 is 1.89 bits per heavy atom. The van der Waals surface area contributed by atoms with Crippen LogP contribution in [0.15, 0.2) is 103 Å². The van der Waals surface area contributed by atoms with Crippen LogP contribution < -0.4 is 10.1 Å². The van der Waals surface area contributed by atoms with Crippen LogP contribution in [0.2, 0.25) is 0 Å². The van der Waals surface area contributed by atoms with E-state index in [0.29, 0.717) is 29.0 Å². The van der Waals surface area contributed by atoms with E-state index in [4.69, 9.17) is 4.74 Å². The summed E-state index contributed by atoms with van der Waals surface area (Å²) in [7, 11) is 1.58. The lowest BCUT2D eigenvalue weighted by molar-refractivity contribution is -0.0831. The Bertz CT molecular complexity index is 1320. The molecule has 188 valence electrons. The molecule has 37 heavy (non-hydrogen) atoms. The van der Waals surface area contributed by atoms with Crippen molar-refractivity contribution in [3.8, 4) is 16.9 Å². The molecule has 0 aliphatic rings. The fourth-order valence-electron chi connectivity index (χ4n) is 4.10. The molecule has 0 radical (unpaired) electrons. The molecule has 1 atom stereocenters. The summed E-state index contributed by atoms with van der Waals surface area (Å²) >= 11 is 0. The summed E-state index contributed by atoms with van der Waals surface area (Å²) in [5, 5.41) is 22.5. The lowest BCUT2D eigenvalue weighted by Gasteiger charge is -2.18. The van der Waals surface area contributed by atoms with E-state index < -0.39 is 12.2 Å². The second kappa shape index (κ2) is 12.1. The Morgan fingerprint density at radius 1 is 0.757 bits per heavy atom. The maximum absolute atomic E-state index is 12.8. The molecule has 6 heteroatoms. The molecule has 0 aliphatic heterocycles. The lowest BCUT2D eigenvalue weighted by Crippen LogP contribution is -2.25. The van der Waals surface area contributed by atoms with Gasteiger partial charge in [0.25, 0.3) is 5.91 Å². The summed E-state index contributed by atoms with van der Waals surface area (Å²) in [5.74, 6) is -0.254. The van der Waals surface area contributed by atoms with Gasteiger partial charge in [0.2, 0.25) is 0 Å². The first kappa shape index (κ1) is 25.8. The van der Waals surface area contributed by atoms with Gasteiger partial charge in [0.15, 0.2) is 12.1 Å². The van der Waals surface area contributed by atoms with Gasteiger partial charge in [-0.05, 0) is 59.5 Å². The van der Waals surface area contributed by atoms with Crippen LogP contribution >= 0.6 is 0 Å². The van der Waals surface area contributed by atoms with E-state index in [-0.39, 0.29) is 18.1 Å². The second-order valence-electron chi connectivity index (χ2n) is 8.83. The SMILES string of the molecule is COc1ccc(C(=O)Nc2ccc(-c3ccc(C(=O)CC(Cc4ccccc4)C(O)O)cc3)cc2)cc1. The molecule has 0 fully saturated rings. The van der Waals surface area contributed by atoms with E-state index in [9.17, 15) is 19.8 Å². The molecule has 4 aromatic carbocycles. The van der Waals surface area contributed by atoms with Crippen LogP contribution in [-0.4, -0.2) is 35.3 Å². The van der Waals surface area contributed by atoms with Gasteiger partial charge >= 0.3 is 0 Å². The molecule has 0 saturated carbocycles. The summed E-state index contributed by atoms with van der Waals surface area (Å²) in [4.78, 5) is 25.3. The quantitative estimate of drug-likeness (QED) is 0.203. The van der Waals surface area contributed by atoms with Crippen LogP contribution in [0.5, 0.6) is 5.75 Å². The zero-order valence-electron chi connectivity index (χ0n) is 20.5. The average molecular weight is 496 g/mol. The van der Waals surface area contributed by atoms with Gasteiger partial charge in [0.1, 0.15) is 5.75 Å². The Morgan fingerprint density at radius 2 is 1.32 bits per heavy atom. The van der Waals surface area contributed by atoms with Gasteiger partial charge in [-0.15, -0.1) is 0 Å². The first-order valence-electron chi connectivity index (χ1n) is 12.0. The third-order valence-corrected chi connectivity index (χ3v) is 6.25. The largest absolute Gasteiger partial charge is 0.497 e. The van der Waals surface area contributed by atoms with Crippen molar-refractivity contribution < 1.29 is 24.5 Å². The van der Waals surface area contributed by atoms with E-state index in [1.54, 1.807) is 43.5 Å². The summed E-state index contributed by atoms with van der Waals surface area (Å²) in [6, 6.07) is 31.0. The molecule has 1 unspecified atom stereocenters. The third kappa shape index (κ3) is 6.91. The highest BCUT2D eigenvalue weighted by Crippen LogP contribution is 2.24. The highest BCUT2D eigenvalue weighted by Gasteiger charge is 2.22. The maximum Gasteiger partial charge on any atom is 0.255 e. The molecular weight excluding hydrogens is 466 g/mol. The van der Waals surface area contributed by atoms with Crippen molar-refractivity contribution in [3.05, 3.63) is 120 Å².